The molecule has 4 rings (SSSR count). The fourth-order valence-electron chi connectivity index (χ4n) is 3.36. The number of nitrogens with zero attached hydrogens (tertiary/aromatic N) is 5. The minimum Gasteiger partial charge on any atom is -0.486 e. The number of hydrogen-bond donors (Lipinski definition) is 2. The van der Waals surface area contributed by atoms with Crippen molar-refractivity contribution in [3.05, 3.63) is 36.4 Å². The van der Waals surface area contributed by atoms with Gasteiger partial charge in [0, 0.05) is 25.6 Å². The number of ether oxygens (including phenoxy) is 2. The summed E-state index contributed by atoms with van der Waals surface area (Å²) in [5.74, 6) is 2.23. The molecule has 2 N–H and O–H groups in total. The summed E-state index contributed by atoms with van der Waals surface area (Å²) >= 11 is 0. The van der Waals surface area contributed by atoms with Crippen LogP contribution in [-0.2, 0) is 13.1 Å². The molecular weight excluding hydrogens is 374 g/mol. The van der Waals surface area contributed by atoms with E-state index in [-0.39, 0.29) is 13.2 Å². The summed E-state index contributed by atoms with van der Waals surface area (Å²) in [6, 6.07) is 5.91. The molecule has 0 atom stereocenters. The SMILES string of the molecule is CN(Cc1ccc2c(c1)OCCO2)c1ncnc2c1ncn2CC(C)(CO)CO. The summed E-state index contributed by atoms with van der Waals surface area (Å²) in [6.07, 6.45) is 3.18. The molecule has 0 unspecified atom stereocenters. The number of rotatable bonds is 7. The number of imidazole rings is 1. The van der Waals surface area contributed by atoms with Gasteiger partial charge in [-0.15, -0.1) is 0 Å². The molecule has 0 aliphatic carbocycles. The lowest BCUT2D eigenvalue weighted by Gasteiger charge is -2.25. The Kier molecular flexibility index (Phi) is 5.25. The van der Waals surface area contributed by atoms with Gasteiger partial charge in [0.25, 0.3) is 0 Å². The molecule has 29 heavy (non-hydrogen) atoms. The van der Waals surface area contributed by atoms with E-state index >= 15 is 0 Å². The Labute approximate surface area is 168 Å². The summed E-state index contributed by atoms with van der Waals surface area (Å²) in [7, 11) is 1.95. The Balaban J connectivity index is 1.59. The predicted octanol–water partition coefficient (Wildman–Crippen LogP) is 1.22. The molecule has 154 valence electrons. The van der Waals surface area contributed by atoms with Crippen molar-refractivity contribution in [1.29, 1.82) is 0 Å². The van der Waals surface area contributed by atoms with E-state index in [0.29, 0.717) is 43.3 Å². The molecule has 0 bridgehead atoms. The fraction of sp³-hybridized carbons (Fsp3) is 0.450. The van der Waals surface area contributed by atoms with Crippen LogP contribution < -0.4 is 14.4 Å². The lowest BCUT2D eigenvalue weighted by Crippen LogP contribution is -2.31. The smallest absolute Gasteiger partial charge is 0.165 e. The van der Waals surface area contributed by atoms with Crippen LogP contribution in [0.5, 0.6) is 11.5 Å². The van der Waals surface area contributed by atoms with Crippen LogP contribution in [0.15, 0.2) is 30.9 Å². The van der Waals surface area contributed by atoms with Gasteiger partial charge in [-0.1, -0.05) is 13.0 Å². The van der Waals surface area contributed by atoms with E-state index in [2.05, 4.69) is 15.0 Å². The van der Waals surface area contributed by atoms with E-state index in [1.165, 1.54) is 6.33 Å². The van der Waals surface area contributed by atoms with E-state index in [1.54, 1.807) is 6.33 Å². The average molecular weight is 399 g/mol. The molecule has 1 aromatic carbocycles. The first-order valence-corrected chi connectivity index (χ1v) is 9.50. The van der Waals surface area contributed by atoms with Crippen molar-refractivity contribution in [2.75, 3.05) is 38.4 Å². The predicted molar refractivity (Wildman–Crippen MR) is 107 cm³/mol. The van der Waals surface area contributed by atoms with Crippen molar-refractivity contribution in [2.24, 2.45) is 5.41 Å². The molecule has 3 heterocycles. The lowest BCUT2D eigenvalue weighted by atomic mass is 9.93. The number of aliphatic hydroxyl groups is 2. The minimum absolute atomic E-state index is 0.134. The van der Waals surface area contributed by atoms with Gasteiger partial charge in [-0.25, -0.2) is 15.0 Å². The number of anilines is 1. The normalized spacial score (nSPS) is 13.7. The van der Waals surface area contributed by atoms with Crippen LogP contribution >= 0.6 is 0 Å². The number of aliphatic hydroxyl groups excluding tert-OH is 2. The maximum absolute atomic E-state index is 9.59. The van der Waals surface area contributed by atoms with Crippen LogP contribution in [0.2, 0.25) is 0 Å². The second-order valence-electron chi connectivity index (χ2n) is 7.70. The van der Waals surface area contributed by atoms with Gasteiger partial charge in [-0.2, -0.15) is 0 Å². The molecule has 0 saturated heterocycles. The summed E-state index contributed by atoms with van der Waals surface area (Å²) in [5, 5.41) is 19.2. The van der Waals surface area contributed by atoms with E-state index < -0.39 is 5.41 Å². The van der Waals surface area contributed by atoms with Crippen molar-refractivity contribution in [2.45, 2.75) is 20.0 Å². The van der Waals surface area contributed by atoms with Gasteiger partial charge in [0.15, 0.2) is 28.5 Å². The van der Waals surface area contributed by atoms with Crippen LogP contribution in [0.1, 0.15) is 12.5 Å². The quantitative estimate of drug-likeness (QED) is 0.611. The first-order valence-electron chi connectivity index (χ1n) is 9.50. The Morgan fingerprint density at radius 1 is 1.10 bits per heavy atom. The van der Waals surface area contributed by atoms with E-state index in [0.717, 1.165) is 17.1 Å². The molecule has 1 aliphatic heterocycles. The summed E-state index contributed by atoms with van der Waals surface area (Å²) in [6.45, 7) is 3.68. The summed E-state index contributed by atoms with van der Waals surface area (Å²) in [4.78, 5) is 15.3. The lowest BCUT2D eigenvalue weighted by molar-refractivity contribution is 0.0562. The molecule has 1 aliphatic rings. The molecule has 0 radical (unpaired) electrons. The zero-order valence-electron chi connectivity index (χ0n) is 16.6. The number of fused-ring (bicyclic) bond motifs is 2. The summed E-state index contributed by atoms with van der Waals surface area (Å²) in [5.41, 5.74) is 1.74. The van der Waals surface area contributed by atoms with Crippen molar-refractivity contribution in [3.63, 3.8) is 0 Å². The van der Waals surface area contributed by atoms with Crippen LogP contribution in [-0.4, -0.2) is 63.2 Å². The van der Waals surface area contributed by atoms with Gasteiger partial charge < -0.3 is 29.2 Å². The van der Waals surface area contributed by atoms with Crippen LogP contribution in [0.4, 0.5) is 5.82 Å². The largest absolute Gasteiger partial charge is 0.486 e. The van der Waals surface area contributed by atoms with E-state index in [4.69, 9.17) is 9.47 Å². The molecule has 9 heteroatoms. The molecular formula is C20H25N5O4. The van der Waals surface area contributed by atoms with E-state index in [1.807, 2.05) is 41.6 Å². The van der Waals surface area contributed by atoms with Crippen LogP contribution in [0, 0.1) is 5.41 Å². The van der Waals surface area contributed by atoms with Gasteiger partial charge in [0.2, 0.25) is 0 Å². The first kappa shape index (κ1) is 19.4. The first-order chi connectivity index (χ1) is 14.0. The van der Waals surface area contributed by atoms with Gasteiger partial charge in [-0.3, -0.25) is 0 Å². The summed E-state index contributed by atoms with van der Waals surface area (Å²) < 4.78 is 13.1. The monoisotopic (exact) mass is 399 g/mol. The van der Waals surface area contributed by atoms with Crippen LogP contribution in [0.25, 0.3) is 11.2 Å². The molecule has 0 fully saturated rings. The fourth-order valence-corrected chi connectivity index (χ4v) is 3.36. The Morgan fingerprint density at radius 3 is 2.62 bits per heavy atom. The molecule has 0 amide bonds. The molecule has 2 aromatic heterocycles. The number of benzene rings is 1. The van der Waals surface area contributed by atoms with Crippen molar-refractivity contribution in [1.82, 2.24) is 19.5 Å². The highest BCUT2D eigenvalue weighted by Crippen LogP contribution is 2.32. The molecule has 0 spiro atoms. The van der Waals surface area contributed by atoms with Gasteiger partial charge >= 0.3 is 0 Å². The van der Waals surface area contributed by atoms with Crippen molar-refractivity contribution < 1.29 is 19.7 Å². The second-order valence-corrected chi connectivity index (χ2v) is 7.70. The topological polar surface area (TPSA) is 106 Å². The zero-order valence-corrected chi connectivity index (χ0v) is 16.6. The van der Waals surface area contributed by atoms with Gasteiger partial charge in [0.05, 0.1) is 19.5 Å². The molecule has 9 nitrogen and oxygen atoms in total. The maximum atomic E-state index is 9.59. The highest BCUT2D eigenvalue weighted by molar-refractivity contribution is 5.83. The number of aromatic nitrogens is 4. The molecule has 0 saturated carbocycles. The molecule has 3 aromatic rings. The third kappa shape index (κ3) is 3.83. The Bertz CT molecular complexity index is 1000. The highest BCUT2D eigenvalue weighted by Gasteiger charge is 2.25. The zero-order chi connectivity index (χ0) is 20.4. The maximum Gasteiger partial charge on any atom is 0.165 e. The number of hydrogen-bond acceptors (Lipinski definition) is 8. The Morgan fingerprint density at radius 2 is 1.86 bits per heavy atom. The van der Waals surface area contributed by atoms with Crippen LogP contribution in [0.3, 0.4) is 0 Å². The van der Waals surface area contributed by atoms with Crippen molar-refractivity contribution in [3.8, 4) is 11.5 Å². The van der Waals surface area contributed by atoms with E-state index in [9.17, 15) is 10.2 Å². The third-order valence-electron chi connectivity index (χ3n) is 5.09. The minimum atomic E-state index is -0.657. The standard InChI is InChI=1S/C20H25N5O4/c1-20(10-26,11-27)9-25-13-23-17-18(21-12-22-19(17)25)24(2)8-14-3-4-15-16(7-14)29-6-5-28-15/h3-4,7,12-13,26-27H,5-6,8-11H2,1-2H3. The second kappa shape index (κ2) is 7.84. The van der Waals surface area contributed by atoms with Crippen molar-refractivity contribution >= 4 is 17.0 Å². The van der Waals surface area contributed by atoms with Gasteiger partial charge in [0.1, 0.15) is 19.5 Å². The van der Waals surface area contributed by atoms with Gasteiger partial charge in [-0.05, 0) is 17.7 Å². The highest BCUT2D eigenvalue weighted by atomic mass is 16.6. The Hall–Kier alpha value is -2.91. The average Bonchev–Trinajstić information content (AvgIpc) is 3.16. The third-order valence-corrected chi connectivity index (χ3v) is 5.09.